The Kier molecular flexibility index (Phi) is 4.91. The first-order valence-corrected chi connectivity index (χ1v) is 3.31. The molecule has 0 spiro atoms. The van der Waals surface area contributed by atoms with Gasteiger partial charge in [0.25, 0.3) is 0 Å². The van der Waals surface area contributed by atoms with Crippen molar-refractivity contribution in [3.8, 4) is 6.07 Å². The van der Waals surface area contributed by atoms with Crippen molar-refractivity contribution < 1.29 is 0 Å². The first-order valence-electron chi connectivity index (χ1n) is 3.31. The summed E-state index contributed by atoms with van der Waals surface area (Å²) in [6.45, 7) is 4.26. The zero-order valence-electron chi connectivity index (χ0n) is 6.09. The SMILES string of the molecule is CC(C)C=CCCC#N. The Labute approximate surface area is 57.0 Å². The molecule has 0 saturated carbocycles. The normalized spacial score (nSPS) is 10.4. The maximum atomic E-state index is 8.15. The van der Waals surface area contributed by atoms with E-state index >= 15 is 0 Å². The summed E-state index contributed by atoms with van der Waals surface area (Å²) in [5.41, 5.74) is 0. The first kappa shape index (κ1) is 8.23. The van der Waals surface area contributed by atoms with Crippen LogP contribution in [0.2, 0.25) is 0 Å². The van der Waals surface area contributed by atoms with Crippen molar-refractivity contribution in [2.45, 2.75) is 26.7 Å². The van der Waals surface area contributed by atoms with Gasteiger partial charge in [0.05, 0.1) is 6.07 Å². The smallest absolute Gasteiger partial charge is 0.0624 e. The number of hydrogen-bond acceptors (Lipinski definition) is 1. The summed E-state index contributed by atoms with van der Waals surface area (Å²) in [5.74, 6) is 0.615. The highest BCUT2D eigenvalue weighted by atomic mass is 14.2. The van der Waals surface area contributed by atoms with Crippen LogP contribution in [-0.2, 0) is 0 Å². The number of nitrogens with zero attached hydrogens (tertiary/aromatic N) is 1. The number of rotatable bonds is 3. The van der Waals surface area contributed by atoms with Crippen molar-refractivity contribution in [1.29, 1.82) is 5.26 Å². The Morgan fingerprint density at radius 2 is 2.22 bits per heavy atom. The summed E-state index contributed by atoms with van der Waals surface area (Å²) in [4.78, 5) is 0. The third-order valence-corrected chi connectivity index (χ3v) is 0.944. The highest BCUT2D eigenvalue weighted by Crippen LogP contribution is 1.96. The lowest BCUT2D eigenvalue weighted by molar-refractivity contribution is 0.823. The molecular formula is C8H13N. The van der Waals surface area contributed by atoms with Gasteiger partial charge in [0.15, 0.2) is 0 Å². The Morgan fingerprint density at radius 1 is 1.56 bits per heavy atom. The topological polar surface area (TPSA) is 23.8 Å². The van der Waals surface area contributed by atoms with Gasteiger partial charge in [-0.05, 0) is 12.3 Å². The predicted octanol–water partition coefficient (Wildman–Crippen LogP) is 2.50. The van der Waals surface area contributed by atoms with Crippen molar-refractivity contribution in [1.82, 2.24) is 0 Å². The van der Waals surface area contributed by atoms with Gasteiger partial charge in [-0.25, -0.2) is 0 Å². The molecule has 1 heteroatoms. The van der Waals surface area contributed by atoms with Gasteiger partial charge in [-0.1, -0.05) is 26.0 Å². The van der Waals surface area contributed by atoms with Crippen LogP contribution in [0.25, 0.3) is 0 Å². The minimum atomic E-state index is 0.615. The van der Waals surface area contributed by atoms with Crippen LogP contribution in [-0.4, -0.2) is 0 Å². The molecule has 0 aliphatic carbocycles. The van der Waals surface area contributed by atoms with E-state index in [1.54, 1.807) is 0 Å². The van der Waals surface area contributed by atoms with Crippen molar-refractivity contribution in [3.63, 3.8) is 0 Å². The Hall–Kier alpha value is -0.770. The minimum Gasteiger partial charge on any atom is -0.198 e. The van der Waals surface area contributed by atoms with E-state index < -0.39 is 0 Å². The van der Waals surface area contributed by atoms with Crippen molar-refractivity contribution in [3.05, 3.63) is 12.2 Å². The quantitative estimate of drug-likeness (QED) is 0.418. The zero-order valence-corrected chi connectivity index (χ0v) is 6.09. The van der Waals surface area contributed by atoms with E-state index in [1.807, 2.05) is 0 Å². The van der Waals surface area contributed by atoms with Crippen molar-refractivity contribution in [2.75, 3.05) is 0 Å². The molecule has 0 aliphatic rings. The van der Waals surface area contributed by atoms with Gasteiger partial charge in [-0.3, -0.25) is 0 Å². The molecule has 0 rings (SSSR count). The number of allylic oxidation sites excluding steroid dienone is 2. The average Bonchev–Trinajstić information content (AvgIpc) is 1.80. The molecule has 1 nitrogen and oxygen atoms in total. The largest absolute Gasteiger partial charge is 0.198 e. The van der Waals surface area contributed by atoms with Gasteiger partial charge < -0.3 is 0 Å². The minimum absolute atomic E-state index is 0.615. The van der Waals surface area contributed by atoms with Crippen LogP contribution in [0.4, 0.5) is 0 Å². The molecule has 0 bridgehead atoms. The summed E-state index contributed by atoms with van der Waals surface area (Å²) >= 11 is 0. The molecule has 0 aromatic carbocycles. The Bertz CT molecular complexity index is 117. The van der Waals surface area contributed by atoms with Crippen LogP contribution in [0.5, 0.6) is 0 Å². The second-order valence-electron chi connectivity index (χ2n) is 2.37. The van der Waals surface area contributed by atoms with Crippen LogP contribution >= 0.6 is 0 Å². The molecule has 0 aromatic rings. The highest BCUT2D eigenvalue weighted by molar-refractivity contribution is 4.87. The number of nitriles is 1. The molecule has 50 valence electrons. The van der Waals surface area contributed by atoms with Crippen molar-refractivity contribution in [2.24, 2.45) is 5.92 Å². The van der Waals surface area contributed by atoms with Crippen LogP contribution in [0.15, 0.2) is 12.2 Å². The highest BCUT2D eigenvalue weighted by Gasteiger charge is 1.81. The molecule has 0 fully saturated rings. The fourth-order valence-corrected chi connectivity index (χ4v) is 0.516. The van der Waals surface area contributed by atoms with Gasteiger partial charge in [-0.2, -0.15) is 5.26 Å². The molecular weight excluding hydrogens is 110 g/mol. The average molecular weight is 123 g/mol. The van der Waals surface area contributed by atoms with Gasteiger partial charge in [0.2, 0.25) is 0 Å². The summed E-state index contributed by atoms with van der Waals surface area (Å²) in [7, 11) is 0. The van der Waals surface area contributed by atoms with E-state index in [1.165, 1.54) is 0 Å². The van der Waals surface area contributed by atoms with Crippen molar-refractivity contribution >= 4 is 0 Å². The van der Waals surface area contributed by atoms with E-state index in [4.69, 9.17) is 5.26 Å². The number of hydrogen-bond donors (Lipinski definition) is 0. The van der Waals surface area contributed by atoms with Crippen LogP contribution in [0.1, 0.15) is 26.7 Å². The monoisotopic (exact) mass is 123 g/mol. The predicted molar refractivity (Wildman–Crippen MR) is 38.8 cm³/mol. The first-order chi connectivity index (χ1) is 4.27. The van der Waals surface area contributed by atoms with E-state index in [-0.39, 0.29) is 0 Å². The Morgan fingerprint density at radius 3 is 2.67 bits per heavy atom. The fourth-order valence-electron chi connectivity index (χ4n) is 0.516. The third-order valence-electron chi connectivity index (χ3n) is 0.944. The maximum absolute atomic E-state index is 8.15. The molecule has 9 heavy (non-hydrogen) atoms. The molecule has 0 atom stereocenters. The van der Waals surface area contributed by atoms with Gasteiger partial charge in [0.1, 0.15) is 0 Å². The van der Waals surface area contributed by atoms with E-state index in [0.29, 0.717) is 12.3 Å². The van der Waals surface area contributed by atoms with E-state index in [9.17, 15) is 0 Å². The van der Waals surface area contributed by atoms with Crippen LogP contribution in [0, 0.1) is 17.2 Å². The van der Waals surface area contributed by atoms with E-state index in [0.717, 1.165) is 6.42 Å². The summed E-state index contributed by atoms with van der Waals surface area (Å²) in [6, 6.07) is 2.09. The third kappa shape index (κ3) is 7.23. The molecule has 0 radical (unpaired) electrons. The lowest BCUT2D eigenvalue weighted by Crippen LogP contribution is -1.76. The Balaban J connectivity index is 3.17. The maximum Gasteiger partial charge on any atom is 0.0624 e. The van der Waals surface area contributed by atoms with E-state index in [2.05, 4.69) is 32.1 Å². The standard InChI is InChI=1S/C8H13N/c1-8(2)6-4-3-5-7-9/h4,6,8H,3,5H2,1-2H3. The second kappa shape index (κ2) is 5.37. The lowest BCUT2D eigenvalue weighted by atomic mass is 10.2. The molecule has 0 heterocycles. The van der Waals surface area contributed by atoms with Gasteiger partial charge >= 0.3 is 0 Å². The molecule has 0 saturated heterocycles. The molecule has 0 unspecified atom stereocenters. The summed E-state index contributed by atoms with van der Waals surface area (Å²) in [6.07, 6.45) is 5.73. The fraction of sp³-hybridized carbons (Fsp3) is 0.625. The van der Waals surface area contributed by atoms with Crippen LogP contribution < -0.4 is 0 Å². The second-order valence-corrected chi connectivity index (χ2v) is 2.37. The molecule has 0 N–H and O–H groups in total. The van der Waals surface area contributed by atoms with Gasteiger partial charge in [-0.15, -0.1) is 0 Å². The van der Waals surface area contributed by atoms with Crippen LogP contribution in [0.3, 0.4) is 0 Å². The summed E-state index contributed by atoms with van der Waals surface area (Å²) in [5, 5.41) is 8.15. The lowest BCUT2D eigenvalue weighted by Gasteiger charge is -1.90. The molecule has 0 amide bonds. The summed E-state index contributed by atoms with van der Waals surface area (Å²) < 4.78 is 0. The molecule has 0 aliphatic heterocycles. The van der Waals surface area contributed by atoms with Gasteiger partial charge in [0, 0.05) is 6.42 Å². The molecule has 0 aromatic heterocycles. The number of unbranched alkanes of at least 4 members (excludes halogenated alkanes) is 1. The zero-order chi connectivity index (χ0) is 7.11.